The first-order chi connectivity index (χ1) is 10.7. The Bertz CT molecular complexity index is 474. The minimum absolute atomic E-state index is 0.361. The van der Waals surface area contributed by atoms with E-state index in [9.17, 15) is 5.11 Å². The molecule has 0 radical (unpaired) electrons. The van der Waals surface area contributed by atoms with Crippen molar-refractivity contribution in [1.82, 2.24) is 9.80 Å². The van der Waals surface area contributed by atoms with Gasteiger partial charge in [0.2, 0.25) is 0 Å². The molecule has 22 heavy (non-hydrogen) atoms. The number of hydrogen-bond donors (Lipinski definition) is 1. The first-order valence-corrected chi connectivity index (χ1v) is 8.94. The maximum absolute atomic E-state index is 9.28. The van der Waals surface area contributed by atoms with Gasteiger partial charge in [0, 0.05) is 30.8 Å². The lowest BCUT2D eigenvalue weighted by atomic mass is 9.94. The molecular weight excluding hydrogens is 296 g/mol. The molecule has 0 aliphatic carbocycles. The molecule has 0 saturated carbocycles. The van der Waals surface area contributed by atoms with Crippen LogP contribution in [0.25, 0.3) is 0 Å². The number of halogens is 1. The minimum atomic E-state index is 0.361. The molecule has 0 spiro atoms. The molecule has 2 aliphatic heterocycles. The van der Waals surface area contributed by atoms with E-state index >= 15 is 0 Å². The number of aliphatic hydroxyl groups excluding tert-OH is 1. The normalized spacial score (nSPS) is 25.5. The highest BCUT2D eigenvalue weighted by Crippen LogP contribution is 2.24. The monoisotopic (exact) mass is 322 g/mol. The fourth-order valence-electron chi connectivity index (χ4n) is 3.87. The third-order valence-electron chi connectivity index (χ3n) is 5.20. The summed E-state index contributed by atoms with van der Waals surface area (Å²) in [6.07, 6.45) is 4.91. The van der Waals surface area contributed by atoms with Crippen LogP contribution < -0.4 is 0 Å². The Hall–Kier alpha value is -0.610. The minimum Gasteiger partial charge on any atom is -0.396 e. The second-order valence-corrected chi connectivity index (χ2v) is 7.26. The van der Waals surface area contributed by atoms with Crippen LogP contribution in [0, 0.1) is 5.92 Å². The molecule has 2 fully saturated rings. The Morgan fingerprint density at radius 3 is 2.68 bits per heavy atom. The van der Waals surface area contributed by atoms with Crippen LogP contribution in [0.1, 0.15) is 31.2 Å². The van der Waals surface area contributed by atoms with Crippen LogP contribution in [0.2, 0.25) is 5.02 Å². The van der Waals surface area contributed by atoms with Gasteiger partial charge in [-0.25, -0.2) is 0 Å². The van der Waals surface area contributed by atoms with Crippen molar-refractivity contribution in [3.63, 3.8) is 0 Å². The molecule has 2 aliphatic rings. The SMILES string of the molecule is OCC1CCN([C@@H]2CCCN(Cc3cccc(Cl)c3)C2)CC1. The summed E-state index contributed by atoms with van der Waals surface area (Å²) >= 11 is 6.09. The van der Waals surface area contributed by atoms with Gasteiger partial charge in [-0.2, -0.15) is 0 Å². The van der Waals surface area contributed by atoms with Gasteiger partial charge in [0.25, 0.3) is 0 Å². The van der Waals surface area contributed by atoms with E-state index in [1.807, 2.05) is 12.1 Å². The zero-order valence-corrected chi connectivity index (χ0v) is 14.0. The summed E-state index contributed by atoms with van der Waals surface area (Å²) in [4.78, 5) is 5.22. The predicted octanol–water partition coefficient (Wildman–Crippen LogP) is 3.01. The fourth-order valence-corrected chi connectivity index (χ4v) is 4.08. The molecule has 0 aromatic heterocycles. The molecule has 3 rings (SSSR count). The van der Waals surface area contributed by atoms with Gasteiger partial charge in [-0.3, -0.25) is 9.80 Å². The smallest absolute Gasteiger partial charge is 0.0460 e. The summed E-state index contributed by atoms with van der Waals surface area (Å²) in [6.45, 7) is 6.03. The van der Waals surface area contributed by atoms with Gasteiger partial charge in [0.1, 0.15) is 0 Å². The van der Waals surface area contributed by atoms with Gasteiger partial charge in [-0.1, -0.05) is 23.7 Å². The number of benzene rings is 1. The van der Waals surface area contributed by atoms with E-state index in [4.69, 9.17) is 11.6 Å². The highest BCUT2D eigenvalue weighted by Gasteiger charge is 2.28. The van der Waals surface area contributed by atoms with Crippen LogP contribution in [0.4, 0.5) is 0 Å². The average molecular weight is 323 g/mol. The lowest BCUT2D eigenvalue weighted by Gasteiger charge is -2.42. The number of likely N-dealkylation sites (tertiary alicyclic amines) is 2. The number of rotatable bonds is 4. The molecule has 2 heterocycles. The fraction of sp³-hybridized carbons (Fsp3) is 0.667. The number of aliphatic hydroxyl groups is 1. The maximum atomic E-state index is 9.28. The predicted molar refractivity (Wildman–Crippen MR) is 91.1 cm³/mol. The van der Waals surface area contributed by atoms with Crippen LogP contribution in [0.15, 0.2) is 24.3 Å². The quantitative estimate of drug-likeness (QED) is 0.923. The van der Waals surface area contributed by atoms with Gasteiger partial charge in [-0.05, 0) is 68.9 Å². The number of piperidine rings is 2. The van der Waals surface area contributed by atoms with Crippen molar-refractivity contribution in [3.05, 3.63) is 34.9 Å². The molecule has 0 bridgehead atoms. The van der Waals surface area contributed by atoms with Crippen LogP contribution in [0.3, 0.4) is 0 Å². The summed E-state index contributed by atoms with van der Waals surface area (Å²) in [7, 11) is 0. The summed E-state index contributed by atoms with van der Waals surface area (Å²) in [5, 5.41) is 10.1. The molecular formula is C18H27ClN2O. The van der Waals surface area contributed by atoms with Crippen molar-refractivity contribution < 1.29 is 5.11 Å². The van der Waals surface area contributed by atoms with Crippen LogP contribution in [-0.2, 0) is 6.54 Å². The average Bonchev–Trinajstić information content (AvgIpc) is 2.55. The molecule has 1 atom stereocenters. The molecule has 4 heteroatoms. The van der Waals surface area contributed by atoms with E-state index in [1.165, 1.54) is 24.9 Å². The maximum Gasteiger partial charge on any atom is 0.0460 e. The molecule has 1 N–H and O–H groups in total. The van der Waals surface area contributed by atoms with Gasteiger partial charge in [-0.15, -0.1) is 0 Å². The number of nitrogens with zero attached hydrogens (tertiary/aromatic N) is 2. The highest BCUT2D eigenvalue weighted by atomic mass is 35.5. The topological polar surface area (TPSA) is 26.7 Å². The van der Waals surface area contributed by atoms with Crippen molar-refractivity contribution in [3.8, 4) is 0 Å². The van der Waals surface area contributed by atoms with Crippen LogP contribution >= 0.6 is 11.6 Å². The molecule has 3 nitrogen and oxygen atoms in total. The van der Waals surface area contributed by atoms with E-state index in [2.05, 4.69) is 21.9 Å². The van der Waals surface area contributed by atoms with Crippen molar-refractivity contribution in [2.45, 2.75) is 38.3 Å². The first-order valence-electron chi connectivity index (χ1n) is 8.56. The second-order valence-electron chi connectivity index (χ2n) is 6.82. The Balaban J connectivity index is 1.53. The lowest BCUT2D eigenvalue weighted by molar-refractivity contribution is 0.0544. The zero-order valence-electron chi connectivity index (χ0n) is 13.3. The van der Waals surface area contributed by atoms with Crippen molar-refractivity contribution in [2.75, 3.05) is 32.8 Å². The Morgan fingerprint density at radius 2 is 1.95 bits per heavy atom. The molecule has 122 valence electrons. The standard InChI is InChI=1S/C18H27ClN2O/c19-17-4-1-3-16(11-17)12-20-8-2-5-18(13-20)21-9-6-15(14-22)7-10-21/h1,3-4,11,15,18,22H,2,5-10,12-14H2/t18-/m1/s1. The molecule has 0 unspecified atom stereocenters. The van der Waals surface area contributed by atoms with Crippen LogP contribution in [-0.4, -0.2) is 53.7 Å². The summed E-state index contributed by atoms with van der Waals surface area (Å²) in [6, 6.07) is 8.92. The van der Waals surface area contributed by atoms with E-state index in [0.29, 0.717) is 18.6 Å². The third-order valence-corrected chi connectivity index (χ3v) is 5.43. The van der Waals surface area contributed by atoms with Gasteiger partial charge in [0.05, 0.1) is 0 Å². The molecule has 2 saturated heterocycles. The summed E-state index contributed by atoms with van der Waals surface area (Å²) < 4.78 is 0. The Kier molecular flexibility index (Phi) is 5.75. The van der Waals surface area contributed by atoms with Crippen LogP contribution in [0.5, 0.6) is 0 Å². The third kappa shape index (κ3) is 4.23. The summed E-state index contributed by atoms with van der Waals surface area (Å²) in [5.41, 5.74) is 1.31. The van der Waals surface area contributed by atoms with Gasteiger partial charge >= 0.3 is 0 Å². The molecule has 1 aromatic rings. The van der Waals surface area contributed by atoms with Gasteiger partial charge < -0.3 is 5.11 Å². The van der Waals surface area contributed by atoms with E-state index in [0.717, 1.165) is 44.0 Å². The molecule has 1 aromatic carbocycles. The second kappa shape index (κ2) is 7.78. The summed E-state index contributed by atoms with van der Waals surface area (Å²) in [5.74, 6) is 0.530. The van der Waals surface area contributed by atoms with Crippen molar-refractivity contribution >= 4 is 11.6 Å². The van der Waals surface area contributed by atoms with Crippen molar-refractivity contribution in [1.29, 1.82) is 0 Å². The Labute approximate surface area is 138 Å². The number of hydrogen-bond acceptors (Lipinski definition) is 3. The highest BCUT2D eigenvalue weighted by molar-refractivity contribution is 6.30. The largest absolute Gasteiger partial charge is 0.396 e. The zero-order chi connectivity index (χ0) is 15.4. The Morgan fingerprint density at radius 1 is 1.14 bits per heavy atom. The van der Waals surface area contributed by atoms with E-state index in [-0.39, 0.29) is 0 Å². The lowest BCUT2D eigenvalue weighted by Crippen LogP contribution is -2.50. The van der Waals surface area contributed by atoms with E-state index in [1.54, 1.807) is 0 Å². The van der Waals surface area contributed by atoms with E-state index < -0.39 is 0 Å². The van der Waals surface area contributed by atoms with Crippen molar-refractivity contribution in [2.24, 2.45) is 5.92 Å². The molecule has 0 amide bonds. The van der Waals surface area contributed by atoms with Gasteiger partial charge in [0.15, 0.2) is 0 Å². The first kappa shape index (κ1) is 16.3.